The third-order valence-electron chi connectivity index (χ3n) is 8.69. The van der Waals surface area contributed by atoms with E-state index >= 15 is 0 Å². The Morgan fingerprint density at radius 1 is 1.14 bits per heavy atom. The maximum absolute atomic E-state index is 14.0. The second-order valence-electron chi connectivity index (χ2n) is 11.4. The monoisotopic (exact) mass is 587 g/mol. The Morgan fingerprint density at radius 2 is 1.79 bits per heavy atom. The molecule has 14 nitrogen and oxygen atoms in total. The van der Waals surface area contributed by atoms with Gasteiger partial charge in [0.25, 0.3) is 5.91 Å². The summed E-state index contributed by atoms with van der Waals surface area (Å²) in [6.45, 7) is 2.06. The molecule has 12 N–H and O–H groups in total. The van der Waals surface area contributed by atoms with Crippen LogP contribution in [0.15, 0.2) is 29.0 Å². The van der Waals surface area contributed by atoms with Crippen LogP contribution in [0.2, 0.25) is 0 Å². The summed E-state index contributed by atoms with van der Waals surface area (Å²) < 4.78 is 0. The van der Waals surface area contributed by atoms with Gasteiger partial charge in [-0.3, -0.25) is 24.1 Å². The number of aliphatic hydroxyl groups is 4. The Labute approximate surface area is 241 Å². The van der Waals surface area contributed by atoms with Crippen LogP contribution in [-0.2, 0) is 19.2 Å². The van der Waals surface area contributed by atoms with Gasteiger partial charge in [0, 0.05) is 11.5 Å². The van der Waals surface area contributed by atoms with E-state index < -0.39 is 93.3 Å². The quantitative estimate of drug-likeness (QED) is 0.0996. The molecule has 0 aliphatic heterocycles. The molecule has 1 aromatic rings. The number of carbonyl (C=O) groups is 4. The van der Waals surface area contributed by atoms with Crippen molar-refractivity contribution in [3.8, 4) is 5.75 Å². The molecule has 1 aromatic carbocycles. The van der Waals surface area contributed by atoms with Gasteiger partial charge in [0.05, 0.1) is 35.4 Å². The van der Waals surface area contributed by atoms with Crippen LogP contribution >= 0.6 is 0 Å². The minimum atomic E-state index is -3.01. The number of hydrogen-bond acceptors (Lipinski definition) is 12. The number of anilines is 1. The zero-order chi connectivity index (χ0) is 31.4. The van der Waals surface area contributed by atoms with Gasteiger partial charge in [-0.15, -0.1) is 0 Å². The van der Waals surface area contributed by atoms with E-state index in [4.69, 9.17) is 17.2 Å². The predicted molar refractivity (Wildman–Crippen MR) is 150 cm³/mol. The number of aliphatic hydroxyl groups excluding tert-OH is 3. The van der Waals surface area contributed by atoms with Gasteiger partial charge in [-0.1, -0.05) is 19.4 Å². The first-order chi connectivity index (χ1) is 19.6. The molecule has 0 spiro atoms. The molecular formula is C28H37N5O9. The number of hydrogen-bond donors (Lipinski definition) is 9. The highest BCUT2D eigenvalue weighted by Crippen LogP contribution is 2.56. The van der Waals surface area contributed by atoms with Gasteiger partial charge < -0.3 is 48.1 Å². The first-order valence-corrected chi connectivity index (χ1v) is 13.6. The van der Waals surface area contributed by atoms with Crippen LogP contribution in [0.4, 0.5) is 5.69 Å². The third kappa shape index (κ3) is 4.46. The van der Waals surface area contributed by atoms with Crippen molar-refractivity contribution in [2.45, 2.75) is 55.9 Å². The fraction of sp³-hybridized carbons (Fsp3) is 0.500. The van der Waals surface area contributed by atoms with Crippen molar-refractivity contribution >= 4 is 34.8 Å². The van der Waals surface area contributed by atoms with Gasteiger partial charge in [0.2, 0.25) is 11.7 Å². The minimum Gasteiger partial charge on any atom is -0.508 e. The van der Waals surface area contributed by atoms with Crippen LogP contribution in [0, 0.1) is 11.8 Å². The molecule has 7 atom stereocenters. The molecule has 228 valence electrons. The molecular weight excluding hydrogens is 550 g/mol. The van der Waals surface area contributed by atoms with Crippen molar-refractivity contribution < 1.29 is 44.7 Å². The molecule has 0 aromatic heterocycles. The summed E-state index contributed by atoms with van der Waals surface area (Å²) in [5.74, 6) is -10.6. The van der Waals surface area contributed by atoms with Crippen molar-refractivity contribution in [3.05, 3.63) is 40.2 Å². The fourth-order valence-corrected chi connectivity index (χ4v) is 6.58. The van der Waals surface area contributed by atoms with Crippen molar-refractivity contribution in [1.29, 1.82) is 0 Å². The van der Waals surface area contributed by atoms with Crippen LogP contribution in [-0.4, -0.2) is 98.2 Å². The van der Waals surface area contributed by atoms with E-state index in [1.807, 2.05) is 0 Å². The average Bonchev–Trinajstić information content (AvgIpc) is 2.91. The van der Waals surface area contributed by atoms with E-state index in [1.54, 1.807) is 6.92 Å². The lowest BCUT2D eigenvalue weighted by atomic mass is 9.54. The van der Waals surface area contributed by atoms with Crippen LogP contribution in [0.1, 0.15) is 43.2 Å². The lowest BCUT2D eigenvalue weighted by Gasteiger charge is -2.53. The minimum absolute atomic E-state index is 0.110. The van der Waals surface area contributed by atoms with E-state index in [9.17, 15) is 44.7 Å². The van der Waals surface area contributed by atoms with Gasteiger partial charge in [-0.05, 0) is 51.0 Å². The number of rotatable bonds is 8. The molecule has 0 heterocycles. The van der Waals surface area contributed by atoms with Crippen LogP contribution in [0.5, 0.6) is 5.75 Å². The summed E-state index contributed by atoms with van der Waals surface area (Å²) in [6, 6.07) is 0.542. The molecule has 1 saturated carbocycles. The number of fused-ring (bicyclic) bond motifs is 3. The number of benzene rings is 1. The highest BCUT2D eigenvalue weighted by Gasteiger charge is 2.68. The largest absolute Gasteiger partial charge is 0.508 e. The highest BCUT2D eigenvalue weighted by molar-refractivity contribution is 6.24. The number of ketones is 2. The second-order valence-corrected chi connectivity index (χ2v) is 11.4. The van der Waals surface area contributed by atoms with Crippen molar-refractivity contribution in [3.63, 3.8) is 0 Å². The highest BCUT2D eigenvalue weighted by atomic mass is 16.4. The van der Waals surface area contributed by atoms with Crippen LogP contribution in [0.3, 0.4) is 0 Å². The number of Topliss-reactive ketones (excluding diaryl/α,β-unsaturated/α-hetero) is 2. The molecule has 2 amide bonds. The molecule has 4 unspecified atom stereocenters. The zero-order valence-corrected chi connectivity index (χ0v) is 23.5. The first-order valence-electron chi connectivity index (χ1n) is 13.6. The lowest BCUT2D eigenvalue weighted by Crippen LogP contribution is -2.70. The van der Waals surface area contributed by atoms with Gasteiger partial charge in [-0.2, -0.15) is 0 Å². The second kappa shape index (κ2) is 11.1. The number of primary amides is 1. The van der Waals surface area contributed by atoms with Gasteiger partial charge >= 0.3 is 0 Å². The number of unbranched alkanes of at least 4 members (excludes halogenated alkanes) is 1. The van der Waals surface area contributed by atoms with Crippen molar-refractivity contribution in [2.75, 3.05) is 26.0 Å². The summed E-state index contributed by atoms with van der Waals surface area (Å²) in [7, 11) is 2.86. The Hall–Kier alpha value is -3.82. The standard InChI is InChI=1S/C28H37N5O9/c1-10-11-7-8-13(32-27(41)12(30)6-4-5-9-29)20(34)15(11)21(35)16-14(10)22(36)18-19(33(2)3)23(37)17(26(31)40)25(39)28(18,42)24(16)38/h7-8,10,12,14,18-19,22,34-36,39,42H,4-6,9,29-30H2,1-3H3,(H2,31,40)(H,32,41)/t10?,12-,14?,18?,19-,22?,28-/m0/s1. The zero-order valence-electron chi connectivity index (χ0n) is 23.5. The Morgan fingerprint density at radius 3 is 2.36 bits per heavy atom. The number of likely N-dealkylation sites (N-methyl/N-ethyl adjacent to an activating group) is 1. The number of aromatic hydroxyl groups is 1. The van der Waals surface area contributed by atoms with E-state index in [-0.39, 0.29) is 11.3 Å². The number of nitrogens with two attached hydrogens (primary N) is 3. The number of nitrogens with zero attached hydrogens (tertiary/aromatic N) is 1. The predicted octanol–water partition coefficient (Wildman–Crippen LogP) is -1.11. The van der Waals surface area contributed by atoms with E-state index in [2.05, 4.69) is 5.32 Å². The molecule has 0 radical (unpaired) electrons. The number of nitrogens with one attached hydrogen (secondary N) is 1. The van der Waals surface area contributed by atoms with E-state index in [1.165, 1.54) is 31.1 Å². The topological polar surface area (TPSA) is 263 Å². The molecule has 42 heavy (non-hydrogen) atoms. The summed E-state index contributed by atoms with van der Waals surface area (Å²) in [5.41, 5.74) is 12.2. The smallest absolute Gasteiger partial charge is 0.255 e. The maximum Gasteiger partial charge on any atom is 0.255 e. The first kappa shape index (κ1) is 31.1. The third-order valence-corrected chi connectivity index (χ3v) is 8.69. The number of phenols is 1. The summed E-state index contributed by atoms with van der Waals surface area (Å²) in [5, 5.41) is 59.4. The molecule has 3 aliphatic carbocycles. The summed E-state index contributed by atoms with van der Waals surface area (Å²) >= 11 is 0. The van der Waals surface area contributed by atoms with Crippen LogP contribution < -0.4 is 22.5 Å². The summed E-state index contributed by atoms with van der Waals surface area (Å²) in [4.78, 5) is 53.4. The normalized spacial score (nSPS) is 29.7. The Bertz CT molecular complexity index is 1420. The molecule has 14 heteroatoms. The molecule has 4 rings (SSSR count). The molecule has 0 bridgehead atoms. The van der Waals surface area contributed by atoms with Crippen LogP contribution in [0.25, 0.3) is 5.76 Å². The Balaban J connectivity index is 1.86. The van der Waals surface area contributed by atoms with Gasteiger partial charge in [0.15, 0.2) is 11.4 Å². The van der Waals surface area contributed by atoms with Gasteiger partial charge in [0.1, 0.15) is 22.8 Å². The molecule has 0 saturated heterocycles. The number of phenolic OH excluding ortho intramolecular Hbond substituents is 1. The maximum atomic E-state index is 14.0. The lowest BCUT2D eigenvalue weighted by molar-refractivity contribution is -0.169. The fourth-order valence-electron chi connectivity index (χ4n) is 6.58. The molecule has 3 aliphatic rings. The number of carbonyl (C=O) groups excluding carboxylic acids is 4. The average molecular weight is 588 g/mol. The Kier molecular flexibility index (Phi) is 8.23. The van der Waals surface area contributed by atoms with Crippen molar-refractivity contribution in [2.24, 2.45) is 29.0 Å². The SMILES string of the molecule is CC1c2ccc(NC(=O)[C@@H](N)CCCCN)c(O)c2C(O)=C2C(=O)[C@]3(O)C(O)=C(C(N)=O)C(=O)[C@@H](N(C)C)C3C(O)C21. The van der Waals surface area contributed by atoms with Gasteiger partial charge in [-0.25, -0.2) is 0 Å². The van der Waals surface area contributed by atoms with E-state index in [0.717, 1.165) is 0 Å². The van der Waals surface area contributed by atoms with Crippen molar-refractivity contribution in [1.82, 2.24) is 4.90 Å². The molecule has 1 fully saturated rings. The van der Waals surface area contributed by atoms with E-state index in [0.29, 0.717) is 31.4 Å². The number of amides is 2. The summed E-state index contributed by atoms with van der Waals surface area (Å²) in [6.07, 6.45) is -0.0712.